The zero-order valence-corrected chi connectivity index (χ0v) is 18.5. The first-order valence-electron chi connectivity index (χ1n) is 9.65. The van der Waals surface area contributed by atoms with Crippen LogP contribution in [-0.2, 0) is 9.53 Å². The molecule has 1 aromatic heterocycles. The zero-order chi connectivity index (χ0) is 21.2. The lowest BCUT2D eigenvalue weighted by Gasteiger charge is -2.39. The Hall–Kier alpha value is -1.77. The first kappa shape index (κ1) is 21.9. The highest BCUT2D eigenvalue weighted by Gasteiger charge is 2.44. The molecular weight excluding hydrogens is 406 g/mol. The SMILES string of the molecule is CCOC(=O)[C@@H]1CC2(CCN(c3cc(O[C@H]([AlH2])C(F)(F)F)nc(N)n3)CC2)CN1. The molecule has 12 heteroatoms. The number of aromatic nitrogens is 2. The normalized spacial score (nSPS) is 22.5. The summed E-state index contributed by atoms with van der Waals surface area (Å²) >= 11 is -0.221. The molecule has 3 rings (SSSR count). The van der Waals surface area contributed by atoms with E-state index in [9.17, 15) is 18.0 Å². The summed E-state index contributed by atoms with van der Waals surface area (Å²) in [5, 5.41) is 3.25. The largest absolute Gasteiger partial charge is 0.482 e. The highest BCUT2D eigenvalue weighted by Crippen LogP contribution is 2.40. The maximum Gasteiger partial charge on any atom is 0.410 e. The average molecular weight is 431 g/mol. The number of halogens is 3. The summed E-state index contributed by atoms with van der Waals surface area (Å²) in [4.78, 5) is 20.0. The Morgan fingerprint density at radius 1 is 1.45 bits per heavy atom. The van der Waals surface area contributed by atoms with Gasteiger partial charge < -0.3 is 25.4 Å². The summed E-state index contributed by atoms with van der Waals surface area (Å²) in [7, 11) is 0. The Labute approximate surface area is 174 Å². The van der Waals surface area contributed by atoms with Crippen LogP contribution in [0.2, 0.25) is 0 Å². The predicted molar refractivity (Wildman–Crippen MR) is 102 cm³/mol. The Morgan fingerprint density at radius 3 is 2.76 bits per heavy atom. The Morgan fingerprint density at radius 2 is 2.14 bits per heavy atom. The summed E-state index contributed by atoms with van der Waals surface area (Å²) in [5.74, 6) is -0.0699. The van der Waals surface area contributed by atoms with Gasteiger partial charge in [0.2, 0.25) is 11.8 Å². The van der Waals surface area contributed by atoms with Crippen LogP contribution in [0.25, 0.3) is 0 Å². The lowest BCUT2D eigenvalue weighted by molar-refractivity contribution is -0.170. The lowest BCUT2D eigenvalue weighted by Crippen LogP contribution is -2.41. The number of nitrogens with two attached hydrogens (primary N) is 1. The first-order valence-corrected chi connectivity index (χ1v) is 10.8. The Kier molecular flexibility index (Phi) is 6.46. The molecule has 160 valence electrons. The lowest BCUT2D eigenvalue weighted by atomic mass is 9.76. The predicted octanol–water partition coefficient (Wildman–Crippen LogP) is 0.471. The Bertz CT molecular complexity index is 744. The summed E-state index contributed by atoms with van der Waals surface area (Å²) < 4.78 is 48.4. The van der Waals surface area contributed by atoms with Crippen LogP contribution in [-0.4, -0.2) is 75.7 Å². The average Bonchev–Trinajstić information content (AvgIpc) is 3.05. The van der Waals surface area contributed by atoms with E-state index in [0.29, 0.717) is 31.9 Å². The third kappa shape index (κ3) is 5.24. The molecule has 1 aromatic rings. The fraction of sp³-hybridized carbons (Fsp3) is 0.706. The van der Waals surface area contributed by atoms with Crippen molar-refractivity contribution in [3.8, 4) is 5.88 Å². The van der Waals surface area contributed by atoms with Gasteiger partial charge in [0, 0.05) is 25.7 Å². The highest BCUT2D eigenvalue weighted by atomic mass is 27.0. The minimum absolute atomic E-state index is 0.00221. The van der Waals surface area contributed by atoms with E-state index in [0.717, 1.165) is 19.4 Å². The third-order valence-electron chi connectivity index (χ3n) is 5.54. The number of nitrogens with one attached hydrogen (secondary N) is 1. The minimum Gasteiger partial charge on any atom is -0.482 e. The standard InChI is InChI=1S/C17H23F3N5O3.Al.2H/c1-2-27-14(26)11-8-16(9-22-11)3-5-25(6-4-16)12-7-13(24-15(21)23-12)28-10-17(18,19)20;;;/h7,10-11,22H,2-6,8-9H2,1H3,(H2,21,23,24);;;/t11-;;;/m0.../s1. The van der Waals surface area contributed by atoms with Gasteiger partial charge in [-0.05, 0) is 31.6 Å². The van der Waals surface area contributed by atoms with Gasteiger partial charge in [-0.3, -0.25) is 4.79 Å². The van der Waals surface area contributed by atoms with Crippen molar-refractivity contribution in [1.82, 2.24) is 15.3 Å². The van der Waals surface area contributed by atoms with Crippen molar-refractivity contribution in [2.24, 2.45) is 5.41 Å². The number of rotatable bonds is 5. The molecule has 0 bridgehead atoms. The molecule has 8 nitrogen and oxygen atoms in total. The van der Waals surface area contributed by atoms with E-state index in [1.165, 1.54) is 6.07 Å². The number of nitrogen functional groups attached to an aromatic ring is 1. The molecule has 1 spiro atoms. The van der Waals surface area contributed by atoms with Gasteiger partial charge in [-0.15, -0.1) is 0 Å². The van der Waals surface area contributed by atoms with Crippen molar-refractivity contribution in [2.45, 2.75) is 43.4 Å². The highest BCUT2D eigenvalue weighted by molar-refractivity contribution is 6.11. The van der Waals surface area contributed by atoms with Crippen LogP contribution in [0.5, 0.6) is 5.88 Å². The van der Waals surface area contributed by atoms with Crippen molar-refractivity contribution in [1.29, 1.82) is 0 Å². The van der Waals surface area contributed by atoms with Gasteiger partial charge in [-0.1, -0.05) is 0 Å². The molecule has 29 heavy (non-hydrogen) atoms. The van der Waals surface area contributed by atoms with Crippen LogP contribution >= 0.6 is 0 Å². The number of nitrogens with zero attached hydrogens (tertiary/aromatic N) is 3. The number of hydrogen-bond donors (Lipinski definition) is 2. The molecule has 0 unspecified atom stereocenters. The second-order valence-electron chi connectivity index (χ2n) is 7.60. The summed E-state index contributed by atoms with van der Waals surface area (Å²) in [6.07, 6.45) is -2.08. The van der Waals surface area contributed by atoms with Gasteiger partial charge in [-0.25, -0.2) is 0 Å². The van der Waals surface area contributed by atoms with Crippen LogP contribution in [0.4, 0.5) is 24.9 Å². The molecule has 2 aliphatic heterocycles. The van der Waals surface area contributed by atoms with Crippen molar-refractivity contribution < 1.29 is 27.4 Å². The van der Waals surface area contributed by atoms with Crippen LogP contribution in [0.3, 0.4) is 0 Å². The second kappa shape index (κ2) is 8.54. The fourth-order valence-corrected chi connectivity index (χ4v) is 4.06. The van der Waals surface area contributed by atoms with Crippen molar-refractivity contribution in [3.05, 3.63) is 6.07 Å². The van der Waals surface area contributed by atoms with Crippen molar-refractivity contribution >= 4 is 34.0 Å². The van der Waals surface area contributed by atoms with Crippen molar-refractivity contribution in [3.63, 3.8) is 0 Å². The van der Waals surface area contributed by atoms with Gasteiger partial charge in [0.1, 0.15) is 16.8 Å². The van der Waals surface area contributed by atoms with Gasteiger partial charge in [0.05, 0.1) is 6.61 Å². The molecule has 0 saturated carbocycles. The molecule has 0 aromatic carbocycles. The summed E-state index contributed by atoms with van der Waals surface area (Å²) in [5.41, 5.74) is 5.69. The molecule has 2 fully saturated rings. The monoisotopic (exact) mass is 431 g/mol. The van der Waals surface area contributed by atoms with Crippen molar-refractivity contribution in [2.75, 3.05) is 36.9 Å². The van der Waals surface area contributed by atoms with E-state index in [1.54, 1.807) is 6.92 Å². The minimum atomic E-state index is -4.44. The molecule has 2 atom stereocenters. The molecular formula is C17H25AlF3N5O3. The number of piperidine rings is 1. The van der Waals surface area contributed by atoms with Gasteiger partial charge in [0.25, 0.3) is 16.3 Å². The maximum atomic E-state index is 12.8. The summed E-state index contributed by atoms with van der Waals surface area (Å²) in [6, 6.07) is 1.11. The third-order valence-corrected chi connectivity index (χ3v) is 6.44. The molecule has 0 radical (unpaired) electrons. The first-order chi connectivity index (χ1) is 13.6. The Balaban J connectivity index is 1.63. The molecule has 0 amide bonds. The topological polar surface area (TPSA) is 103 Å². The van der Waals surface area contributed by atoms with E-state index < -0.39 is 11.1 Å². The number of ether oxygens (including phenoxy) is 2. The number of alkyl halides is 3. The smallest absolute Gasteiger partial charge is 0.410 e. The van der Waals surface area contributed by atoms with Gasteiger partial charge >= 0.3 is 12.1 Å². The second-order valence-corrected chi connectivity index (χ2v) is 8.65. The van der Waals surface area contributed by atoms with Crippen LogP contribution in [0.1, 0.15) is 26.2 Å². The number of carbonyl (C=O) groups excluding carboxylic acids is 1. The number of anilines is 2. The van der Waals surface area contributed by atoms with E-state index in [1.807, 2.05) is 4.90 Å². The molecule has 3 N–H and O–H groups in total. The van der Waals surface area contributed by atoms with E-state index in [-0.39, 0.29) is 45.5 Å². The number of esters is 1. The maximum absolute atomic E-state index is 12.8. The van der Waals surface area contributed by atoms with Gasteiger partial charge in [-0.2, -0.15) is 23.1 Å². The van der Waals surface area contributed by atoms with Crippen LogP contribution < -0.4 is 20.7 Å². The van der Waals surface area contributed by atoms with Crippen LogP contribution in [0, 0.1) is 5.41 Å². The summed E-state index contributed by atoms with van der Waals surface area (Å²) in [6.45, 7) is 4.17. The number of carbonyl (C=O) groups is 1. The quantitative estimate of drug-likeness (QED) is 0.513. The van der Waals surface area contributed by atoms with E-state index in [4.69, 9.17) is 15.2 Å². The molecule has 0 aliphatic carbocycles. The fourth-order valence-electron chi connectivity index (χ4n) is 3.82. The van der Waals surface area contributed by atoms with Crippen LogP contribution in [0.15, 0.2) is 6.07 Å². The van der Waals surface area contributed by atoms with E-state index >= 15 is 0 Å². The molecule has 2 aliphatic rings. The number of hydrogen-bond acceptors (Lipinski definition) is 8. The molecule has 3 heterocycles. The van der Waals surface area contributed by atoms with E-state index in [2.05, 4.69) is 15.3 Å². The molecule has 2 saturated heterocycles. The zero-order valence-electron chi connectivity index (χ0n) is 16.5. The van der Waals surface area contributed by atoms with Gasteiger partial charge in [0.15, 0.2) is 0 Å².